The van der Waals surface area contributed by atoms with E-state index in [1.54, 1.807) is 0 Å². The predicted molar refractivity (Wildman–Crippen MR) is 46.7 cm³/mol. The van der Waals surface area contributed by atoms with Gasteiger partial charge in [-0.15, -0.1) is 0 Å². The molecule has 0 aromatic heterocycles. The van der Waals surface area contributed by atoms with Crippen LogP contribution in [0.15, 0.2) is 0 Å². The topological polar surface area (TPSA) is 147 Å². The van der Waals surface area contributed by atoms with Crippen molar-refractivity contribution >= 4 is 15.2 Å². The summed E-state index contributed by atoms with van der Waals surface area (Å²) in [6.07, 6.45) is 1.86. The molecule has 7 nitrogen and oxygen atoms in total. The van der Waals surface area contributed by atoms with Gasteiger partial charge in [0.25, 0.3) is 0 Å². The fourth-order valence-electron chi connectivity index (χ4n) is 2.09. The summed E-state index contributed by atoms with van der Waals surface area (Å²) in [5.41, 5.74) is 0. The molecule has 20 heavy (non-hydrogen) atoms. The summed E-state index contributed by atoms with van der Waals surface area (Å²) >= 11 is 0. The molecular weight excluding hydrogens is 350 g/mol. The van der Waals surface area contributed by atoms with E-state index in [-0.39, 0.29) is 131 Å². The van der Waals surface area contributed by atoms with Gasteiger partial charge in [-0.1, -0.05) is 19.3 Å². The largest absolute Gasteiger partial charge is 1.00 e. The first kappa shape index (κ1) is 32.0. The summed E-state index contributed by atoms with van der Waals surface area (Å²) < 4.78 is 21.7. The standard InChI is InChI=1S/C7H16O7P2.4Na/c8-7(15(9,10)11,16(12,13)14)6-4-2-1-3-5-6;;;;/h6,8H,1-5H2,(H2,9,10,11)(H2,12,13,14);;;;/q;4*+1/p-4. The quantitative estimate of drug-likeness (QED) is 0.387. The Labute approximate surface area is 206 Å². The summed E-state index contributed by atoms with van der Waals surface area (Å²) in [5, 5.41) is 5.87. The zero-order chi connectivity index (χ0) is 12.6. The Morgan fingerprint density at radius 1 is 0.800 bits per heavy atom. The van der Waals surface area contributed by atoms with E-state index in [9.17, 15) is 33.8 Å². The zero-order valence-corrected chi connectivity index (χ0v) is 22.2. The minimum Gasteiger partial charge on any atom is -0.808 e. The van der Waals surface area contributed by atoms with E-state index in [4.69, 9.17) is 0 Å². The van der Waals surface area contributed by atoms with Gasteiger partial charge in [0.05, 0.1) is 0 Å². The summed E-state index contributed by atoms with van der Waals surface area (Å²) in [4.78, 5) is 43.4. The van der Waals surface area contributed by atoms with Gasteiger partial charge in [0, 0.05) is 0 Å². The van der Waals surface area contributed by atoms with Gasteiger partial charge in [-0.05, 0) is 34.0 Å². The average molecular weight is 362 g/mol. The Balaban J connectivity index is -0.000000320. The van der Waals surface area contributed by atoms with Crippen LogP contribution in [0.1, 0.15) is 32.1 Å². The Morgan fingerprint density at radius 3 is 1.35 bits per heavy atom. The van der Waals surface area contributed by atoms with E-state index in [0.29, 0.717) is 12.8 Å². The van der Waals surface area contributed by atoms with Gasteiger partial charge in [0.1, 0.15) is 5.08 Å². The minimum atomic E-state index is -5.91. The van der Waals surface area contributed by atoms with Crippen molar-refractivity contribution in [2.24, 2.45) is 5.92 Å². The molecule has 13 heteroatoms. The third-order valence-corrected chi connectivity index (χ3v) is 6.77. The molecule has 0 aliphatic heterocycles. The maximum absolute atomic E-state index is 10.8. The second-order valence-electron chi connectivity index (χ2n) is 4.02. The zero-order valence-electron chi connectivity index (χ0n) is 12.4. The maximum atomic E-state index is 10.8. The van der Waals surface area contributed by atoms with Crippen LogP contribution in [-0.2, 0) is 9.13 Å². The molecule has 0 aromatic carbocycles. The first-order chi connectivity index (χ1) is 7.11. The summed E-state index contributed by atoms with van der Waals surface area (Å²) in [7, 11) is -11.8. The fraction of sp³-hybridized carbons (Fsp3) is 1.00. The molecule has 96 valence electrons. The smallest absolute Gasteiger partial charge is 0.808 e. The molecule has 0 radical (unpaired) electrons. The molecule has 1 N–H and O–H groups in total. The van der Waals surface area contributed by atoms with Crippen molar-refractivity contribution < 1.29 is 152 Å². The van der Waals surface area contributed by atoms with E-state index in [0.717, 1.165) is 6.42 Å². The first-order valence-corrected chi connectivity index (χ1v) is 7.96. The van der Waals surface area contributed by atoms with Crippen molar-refractivity contribution in [2.45, 2.75) is 37.2 Å². The van der Waals surface area contributed by atoms with E-state index in [2.05, 4.69) is 0 Å². The fourth-order valence-corrected chi connectivity index (χ4v) is 4.70. The SMILES string of the molecule is O=P([O-])([O-])C(O)(C1CCCCC1)P(=O)([O-])[O-].[Na+].[Na+].[Na+].[Na+]. The number of aliphatic hydroxyl groups is 1. The molecule has 0 atom stereocenters. The summed E-state index contributed by atoms with van der Waals surface area (Å²) in [6.45, 7) is 0. The minimum absolute atomic E-state index is 0. The predicted octanol–water partition coefficient (Wildman–Crippen LogP) is -13.9. The molecule has 0 saturated heterocycles. The van der Waals surface area contributed by atoms with E-state index in [1.165, 1.54) is 0 Å². The molecule has 1 rings (SSSR count). The normalized spacial score (nSPS) is 16.9. The maximum Gasteiger partial charge on any atom is 1.00 e. The van der Waals surface area contributed by atoms with Crippen molar-refractivity contribution in [1.82, 2.24) is 0 Å². The molecule has 1 saturated carbocycles. The van der Waals surface area contributed by atoms with Crippen LogP contribution in [-0.4, -0.2) is 10.2 Å². The Hall–Kier alpha value is 4.26. The molecule has 0 bridgehead atoms. The molecule has 1 aliphatic rings. The monoisotopic (exact) mass is 362 g/mol. The molecule has 0 unspecified atom stereocenters. The van der Waals surface area contributed by atoms with Crippen LogP contribution in [0, 0.1) is 5.92 Å². The van der Waals surface area contributed by atoms with E-state index in [1.807, 2.05) is 0 Å². The first-order valence-electron chi connectivity index (χ1n) is 4.87. The van der Waals surface area contributed by atoms with Gasteiger partial charge in [0.2, 0.25) is 0 Å². The third kappa shape index (κ3) is 7.65. The molecule has 0 spiro atoms. The molecule has 1 aliphatic carbocycles. The van der Waals surface area contributed by atoms with Crippen molar-refractivity contribution in [2.75, 3.05) is 0 Å². The van der Waals surface area contributed by atoms with Gasteiger partial charge in [-0.3, -0.25) is 0 Å². The summed E-state index contributed by atoms with van der Waals surface area (Å²) in [5.74, 6) is -1.30. The van der Waals surface area contributed by atoms with Crippen molar-refractivity contribution in [3.05, 3.63) is 0 Å². The Bertz CT molecular complexity index is 329. The molecule has 1 fully saturated rings. The van der Waals surface area contributed by atoms with Crippen LogP contribution < -0.4 is 138 Å². The van der Waals surface area contributed by atoms with Crippen LogP contribution >= 0.6 is 15.2 Å². The van der Waals surface area contributed by atoms with Gasteiger partial charge in [0.15, 0.2) is 0 Å². The van der Waals surface area contributed by atoms with Crippen LogP contribution in [0.5, 0.6) is 0 Å². The van der Waals surface area contributed by atoms with Gasteiger partial charge >= 0.3 is 118 Å². The number of hydrogen-bond acceptors (Lipinski definition) is 7. The van der Waals surface area contributed by atoms with Crippen LogP contribution in [0.4, 0.5) is 0 Å². The second-order valence-corrected chi connectivity index (χ2v) is 7.72. The van der Waals surface area contributed by atoms with Crippen LogP contribution in [0.3, 0.4) is 0 Å². The third-order valence-electron chi connectivity index (χ3n) is 2.96. The van der Waals surface area contributed by atoms with Gasteiger partial charge in [-0.25, -0.2) is 0 Å². The number of rotatable bonds is 3. The molecule has 0 aromatic rings. The average Bonchev–Trinajstić information content (AvgIpc) is 2.14. The van der Waals surface area contributed by atoms with E-state index >= 15 is 0 Å². The van der Waals surface area contributed by atoms with Gasteiger partial charge < -0.3 is 33.8 Å². The molecule has 0 heterocycles. The van der Waals surface area contributed by atoms with Crippen molar-refractivity contribution in [3.63, 3.8) is 0 Å². The van der Waals surface area contributed by atoms with Crippen molar-refractivity contribution in [1.29, 1.82) is 0 Å². The number of hydrogen-bond donors (Lipinski definition) is 1. The summed E-state index contributed by atoms with van der Waals surface area (Å²) in [6, 6.07) is 0. The second kappa shape index (κ2) is 12.6. The Morgan fingerprint density at radius 2 is 1.10 bits per heavy atom. The molecule has 0 amide bonds. The molecular formula is C7H12Na4O7P2. The van der Waals surface area contributed by atoms with Gasteiger partial charge in [-0.2, -0.15) is 0 Å². The van der Waals surface area contributed by atoms with Crippen LogP contribution in [0.25, 0.3) is 0 Å². The Kier molecular flexibility index (Phi) is 20.1. The van der Waals surface area contributed by atoms with E-state index < -0.39 is 26.2 Å². The van der Waals surface area contributed by atoms with Crippen LogP contribution in [0.2, 0.25) is 0 Å². The van der Waals surface area contributed by atoms with Crippen molar-refractivity contribution in [3.8, 4) is 0 Å².